The van der Waals surface area contributed by atoms with Crippen molar-refractivity contribution in [3.8, 4) is 0 Å². The van der Waals surface area contributed by atoms with Gasteiger partial charge in [-0.2, -0.15) is 5.10 Å². The number of nitrogens with zero attached hydrogens (tertiary/aromatic N) is 1. The van der Waals surface area contributed by atoms with Crippen molar-refractivity contribution in [1.29, 1.82) is 0 Å². The fourth-order valence-electron chi connectivity index (χ4n) is 2.85. The first-order valence-corrected chi connectivity index (χ1v) is 6.57. The van der Waals surface area contributed by atoms with Crippen LogP contribution in [0.2, 0.25) is 0 Å². The molecule has 0 bridgehead atoms. The highest BCUT2D eigenvalue weighted by Crippen LogP contribution is 2.55. The van der Waals surface area contributed by atoms with Crippen LogP contribution in [0, 0.1) is 0 Å². The lowest BCUT2D eigenvalue weighted by atomic mass is 9.99. The fourth-order valence-corrected chi connectivity index (χ4v) is 2.85. The van der Waals surface area contributed by atoms with Gasteiger partial charge in [0.15, 0.2) is 0 Å². The van der Waals surface area contributed by atoms with Crippen molar-refractivity contribution in [2.24, 2.45) is 0 Å². The molecule has 1 aliphatic carbocycles. The van der Waals surface area contributed by atoms with Crippen LogP contribution in [0.25, 0.3) is 0 Å². The van der Waals surface area contributed by atoms with Crippen molar-refractivity contribution < 1.29 is 0 Å². The van der Waals surface area contributed by atoms with Crippen LogP contribution in [0.1, 0.15) is 54.8 Å². The third kappa shape index (κ3) is 1.80. The van der Waals surface area contributed by atoms with E-state index in [1.54, 1.807) is 0 Å². The first-order valence-electron chi connectivity index (χ1n) is 6.57. The van der Waals surface area contributed by atoms with Crippen molar-refractivity contribution in [2.45, 2.75) is 38.0 Å². The van der Waals surface area contributed by atoms with Gasteiger partial charge in [0.05, 0.1) is 0 Å². The number of nitrogens with two attached hydrogens (primary N) is 1. The minimum Gasteiger partial charge on any atom is -0.382 e. The summed E-state index contributed by atoms with van der Waals surface area (Å²) in [7, 11) is 0. The van der Waals surface area contributed by atoms with Gasteiger partial charge in [0.25, 0.3) is 0 Å². The highest BCUT2D eigenvalue weighted by molar-refractivity contribution is 5.48. The van der Waals surface area contributed by atoms with Crippen LogP contribution in [0.5, 0.6) is 0 Å². The Labute approximate surface area is 107 Å². The monoisotopic (exact) mass is 241 g/mol. The van der Waals surface area contributed by atoms with Gasteiger partial charge >= 0.3 is 0 Å². The Morgan fingerprint density at radius 2 is 1.94 bits per heavy atom. The molecule has 3 heteroatoms. The molecule has 1 aliphatic rings. The van der Waals surface area contributed by atoms with Crippen LogP contribution in [0.4, 0.5) is 5.82 Å². The van der Waals surface area contributed by atoms with Crippen molar-refractivity contribution >= 4 is 5.82 Å². The molecule has 18 heavy (non-hydrogen) atoms. The van der Waals surface area contributed by atoms with Crippen molar-refractivity contribution in [3.63, 3.8) is 0 Å². The maximum atomic E-state index is 5.95. The van der Waals surface area contributed by atoms with Crippen molar-refractivity contribution in [3.05, 3.63) is 47.2 Å². The van der Waals surface area contributed by atoms with Crippen LogP contribution in [-0.4, -0.2) is 10.2 Å². The Morgan fingerprint density at radius 3 is 2.61 bits per heavy atom. The Balaban J connectivity index is 1.87. The zero-order chi connectivity index (χ0) is 12.7. The molecule has 2 unspecified atom stereocenters. The second kappa shape index (κ2) is 4.16. The number of nitrogens with one attached hydrogen (secondary N) is 1. The highest BCUT2D eigenvalue weighted by Gasteiger charge is 2.42. The Morgan fingerprint density at radius 1 is 1.22 bits per heavy atom. The molecule has 1 saturated carbocycles. The molecular weight excluding hydrogens is 222 g/mol. The zero-order valence-corrected chi connectivity index (χ0v) is 10.9. The maximum absolute atomic E-state index is 5.95. The molecule has 0 radical (unpaired) electrons. The van der Waals surface area contributed by atoms with Gasteiger partial charge in [0, 0.05) is 17.2 Å². The molecule has 3 N–H and O–H groups in total. The van der Waals surface area contributed by atoms with Crippen LogP contribution in [-0.2, 0) is 0 Å². The molecule has 2 atom stereocenters. The number of hydrogen-bond acceptors (Lipinski definition) is 2. The van der Waals surface area contributed by atoms with Gasteiger partial charge in [-0.25, -0.2) is 0 Å². The van der Waals surface area contributed by atoms with Gasteiger partial charge in [-0.3, -0.25) is 5.10 Å². The summed E-state index contributed by atoms with van der Waals surface area (Å²) in [5, 5.41) is 7.32. The molecule has 3 rings (SSSR count). The Kier molecular flexibility index (Phi) is 2.62. The first kappa shape index (κ1) is 11.3. The fraction of sp³-hybridized carbons (Fsp3) is 0.400. The SMILES string of the molecule is CC(C)c1c(N)n[nH]c1C1CC1c1ccccc1. The molecule has 0 saturated heterocycles. The number of aromatic amines is 1. The average molecular weight is 241 g/mol. The molecule has 0 amide bonds. The summed E-state index contributed by atoms with van der Waals surface area (Å²) in [6, 6.07) is 10.7. The molecular formula is C15H19N3. The summed E-state index contributed by atoms with van der Waals surface area (Å²) in [5.74, 6) is 2.28. The van der Waals surface area contributed by atoms with Gasteiger partial charge < -0.3 is 5.73 Å². The summed E-state index contributed by atoms with van der Waals surface area (Å²) in [6.07, 6.45) is 1.20. The summed E-state index contributed by atoms with van der Waals surface area (Å²) in [5.41, 5.74) is 9.82. The average Bonchev–Trinajstić information content (AvgIpc) is 3.07. The Bertz CT molecular complexity index is 542. The van der Waals surface area contributed by atoms with Crippen LogP contribution < -0.4 is 5.73 Å². The summed E-state index contributed by atoms with van der Waals surface area (Å²) < 4.78 is 0. The second-order valence-electron chi connectivity index (χ2n) is 5.45. The molecule has 2 aromatic rings. The summed E-state index contributed by atoms with van der Waals surface area (Å²) in [4.78, 5) is 0. The number of aromatic nitrogens is 2. The predicted octanol–water partition coefficient (Wildman–Crippen LogP) is 3.39. The topological polar surface area (TPSA) is 54.7 Å². The smallest absolute Gasteiger partial charge is 0.148 e. The first-order chi connectivity index (χ1) is 8.68. The van der Waals surface area contributed by atoms with E-state index in [2.05, 4.69) is 54.4 Å². The standard InChI is InChI=1S/C15H19N3/c1-9(2)13-14(17-18-15(13)16)12-8-11(12)10-6-4-3-5-7-10/h3-7,9,11-12H,8H2,1-2H3,(H3,16,17,18). The van der Waals surface area contributed by atoms with Crippen LogP contribution in [0.3, 0.4) is 0 Å². The van der Waals surface area contributed by atoms with Crippen LogP contribution >= 0.6 is 0 Å². The lowest BCUT2D eigenvalue weighted by Crippen LogP contribution is -1.97. The lowest BCUT2D eigenvalue weighted by Gasteiger charge is -2.07. The van der Waals surface area contributed by atoms with Gasteiger partial charge in [-0.15, -0.1) is 0 Å². The number of H-pyrrole nitrogens is 1. The molecule has 1 heterocycles. The number of hydrogen-bond donors (Lipinski definition) is 2. The van der Waals surface area contributed by atoms with E-state index in [4.69, 9.17) is 5.73 Å². The second-order valence-corrected chi connectivity index (χ2v) is 5.45. The van der Waals surface area contributed by atoms with E-state index in [1.807, 2.05) is 0 Å². The molecule has 1 fully saturated rings. The summed E-state index contributed by atoms with van der Waals surface area (Å²) >= 11 is 0. The maximum Gasteiger partial charge on any atom is 0.148 e. The van der Waals surface area contributed by atoms with E-state index in [1.165, 1.54) is 23.2 Å². The largest absolute Gasteiger partial charge is 0.382 e. The van der Waals surface area contributed by atoms with Gasteiger partial charge in [-0.1, -0.05) is 44.2 Å². The van der Waals surface area contributed by atoms with Crippen molar-refractivity contribution in [2.75, 3.05) is 5.73 Å². The zero-order valence-electron chi connectivity index (χ0n) is 10.9. The lowest BCUT2D eigenvalue weighted by molar-refractivity contribution is 0.831. The number of anilines is 1. The van der Waals surface area contributed by atoms with E-state index >= 15 is 0 Å². The molecule has 94 valence electrons. The number of nitrogen functional groups attached to an aromatic ring is 1. The Hall–Kier alpha value is -1.77. The third-order valence-electron chi connectivity index (χ3n) is 3.83. The van der Waals surface area contributed by atoms with E-state index < -0.39 is 0 Å². The minimum absolute atomic E-state index is 0.427. The normalized spacial score (nSPS) is 22.4. The minimum atomic E-state index is 0.427. The molecule has 0 spiro atoms. The molecule has 0 aliphatic heterocycles. The van der Waals surface area contributed by atoms with E-state index in [0.29, 0.717) is 23.6 Å². The molecule has 1 aromatic heterocycles. The quantitative estimate of drug-likeness (QED) is 0.865. The van der Waals surface area contributed by atoms with Gasteiger partial charge in [0.1, 0.15) is 5.82 Å². The number of benzene rings is 1. The molecule has 1 aromatic carbocycles. The number of rotatable bonds is 3. The van der Waals surface area contributed by atoms with Crippen molar-refractivity contribution in [1.82, 2.24) is 10.2 Å². The van der Waals surface area contributed by atoms with E-state index in [9.17, 15) is 0 Å². The van der Waals surface area contributed by atoms with E-state index in [0.717, 1.165) is 0 Å². The van der Waals surface area contributed by atoms with Gasteiger partial charge in [0.2, 0.25) is 0 Å². The summed E-state index contributed by atoms with van der Waals surface area (Å²) in [6.45, 7) is 4.34. The van der Waals surface area contributed by atoms with Gasteiger partial charge in [-0.05, 0) is 23.8 Å². The van der Waals surface area contributed by atoms with E-state index in [-0.39, 0.29) is 0 Å². The third-order valence-corrected chi connectivity index (χ3v) is 3.83. The highest BCUT2D eigenvalue weighted by atomic mass is 15.2. The van der Waals surface area contributed by atoms with Crippen LogP contribution in [0.15, 0.2) is 30.3 Å². The molecule has 3 nitrogen and oxygen atoms in total. The predicted molar refractivity (Wildman–Crippen MR) is 73.6 cm³/mol.